The summed E-state index contributed by atoms with van der Waals surface area (Å²) >= 11 is 0. The molecule has 0 spiro atoms. The van der Waals surface area contributed by atoms with Gasteiger partial charge in [0.25, 0.3) is 0 Å². The summed E-state index contributed by atoms with van der Waals surface area (Å²) in [5.74, 6) is 0. The van der Waals surface area contributed by atoms with Crippen molar-refractivity contribution in [3.05, 3.63) is 211 Å². The third kappa shape index (κ3) is 5.70. The molecule has 0 unspecified atom stereocenters. The summed E-state index contributed by atoms with van der Waals surface area (Å²) in [6.45, 7) is 0. The highest BCUT2D eigenvalue weighted by atomic mass is 15.1. The summed E-state index contributed by atoms with van der Waals surface area (Å²) < 4.78 is 2.45. The van der Waals surface area contributed by atoms with Crippen molar-refractivity contribution in [3.63, 3.8) is 0 Å². The Morgan fingerprint density at radius 1 is 0.426 bits per heavy atom. The zero-order valence-electron chi connectivity index (χ0n) is 29.9. The number of allylic oxidation sites excluding steroid dienone is 1. The summed E-state index contributed by atoms with van der Waals surface area (Å²) in [4.78, 5) is 2.35. The van der Waals surface area contributed by atoms with E-state index in [1.54, 1.807) is 0 Å². The third-order valence-electron chi connectivity index (χ3n) is 10.9. The van der Waals surface area contributed by atoms with Crippen molar-refractivity contribution in [1.82, 2.24) is 4.57 Å². The maximum absolute atomic E-state index is 2.45. The van der Waals surface area contributed by atoms with Gasteiger partial charge in [0.15, 0.2) is 0 Å². The first kappa shape index (κ1) is 31.8. The molecule has 0 aliphatic heterocycles. The van der Waals surface area contributed by atoms with Crippen LogP contribution in [0.25, 0.3) is 66.8 Å². The monoisotopic (exact) mass is 690 g/mol. The third-order valence-corrected chi connectivity index (χ3v) is 10.9. The Balaban J connectivity index is 0.914. The molecule has 10 rings (SSSR count). The lowest BCUT2D eigenvalue weighted by Gasteiger charge is -2.27. The summed E-state index contributed by atoms with van der Waals surface area (Å²) in [5.41, 5.74) is 16.0. The van der Waals surface area contributed by atoms with E-state index in [0.29, 0.717) is 0 Å². The van der Waals surface area contributed by atoms with E-state index in [2.05, 4.69) is 216 Å². The number of para-hydroxylation sites is 2. The maximum atomic E-state index is 2.45. The molecule has 0 bridgehead atoms. The number of hydrogen-bond donors (Lipinski definition) is 0. The lowest BCUT2D eigenvalue weighted by atomic mass is 9.96. The molecule has 1 aliphatic rings. The van der Waals surface area contributed by atoms with E-state index in [-0.39, 0.29) is 0 Å². The fraction of sp³-hybridized carbons (Fsp3) is 0.0385. The Hall–Kier alpha value is -6.90. The summed E-state index contributed by atoms with van der Waals surface area (Å²) in [7, 11) is 0. The van der Waals surface area contributed by atoms with Crippen LogP contribution in [0.1, 0.15) is 17.7 Å². The molecule has 8 aromatic carbocycles. The number of benzene rings is 8. The number of anilines is 3. The number of aromatic nitrogens is 1. The Bertz CT molecular complexity index is 2770. The fourth-order valence-electron chi connectivity index (χ4n) is 8.19. The first-order valence-electron chi connectivity index (χ1n) is 18.8. The van der Waals surface area contributed by atoms with Gasteiger partial charge in [-0.15, -0.1) is 0 Å². The molecule has 0 saturated carbocycles. The quantitative estimate of drug-likeness (QED) is 0.162. The SMILES string of the molecule is C1=Cc2c(n(-c3ccccc3)c3ccc(-c4ccc(-c5ccc(-c6ccc(N(c7ccccc7)c7cccc8ccccc78)cc6)cc5)cc4)cc23)CC1. The van der Waals surface area contributed by atoms with Crippen LogP contribution in [0.3, 0.4) is 0 Å². The van der Waals surface area contributed by atoms with Crippen molar-refractivity contribution >= 4 is 44.8 Å². The van der Waals surface area contributed by atoms with Crippen LogP contribution < -0.4 is 4.90 Å². The van der Waals surface area contributed by atoms with Crippen LogP contribution in [0.4, 0.5) is 17.1 Å². The van der Waals surface area contributed by atoms with E-state index in [9.17, 15) is 0 Å². The van der Waals surface area contributed by atoms with E-state index in [0.717, 1.165) is 24.2 Å². The normalized spacial score (nSPS) is 12.2. The van der Waals surface area contributed by atoms with Gasteiger partial charge in [-0.2, -0.15) is 0 Å². The lowest BCUT2D eigenvalue weighted by molar-refractivity contribution is 0.888. The number of hydrogen-bond acceptors (Lipinski definition) is 1. The smallest absolute Gasteiger partial charge is 0.0540 e. The molecule has 256 valence electrons. The minimum atomic E-state index is 1.06. The van der Waals surface area contributed by atoms with Crippen molar-refractivity contribution in [2.45, 2.75) is 12.8 Å². The molecule has 2 nitrogen and oxygen atoms in total. The van der Waals surface area contributed by atoms with Gasteiger partial charge in [-0.3, -0.25) is 0 Å². The second kappa shape index (κ2) is 13.6. The second-order valence-corrected chi connectivity index (χ2v) is 14.1. The Morgan fingerprint density at radius 2 is 0.963 bits per heavy atom. The molecule has 1 aromatic heterocycles. The summed E-state index contributed by atoms with van der Waals surface area (Å²) in [5, 5.41) is 3.78. The van der Waals surface area contributed by atoms with E-state index >= 15 is 0 Å². The minimum Gasteiger partial charge on any atom is -0.313 e. The van der Waals surface area contributed by atoms with Crippen LogP contribution in [0.15, 0.2) is 200 Å². The molecule has 9 aromatic rings. The molecule has 2 heteroatoms. The molecule has 0 amide bonds. The van der Waals surface area contributed by atoms with Crippen molar-refractivity contribution < 1.29 is 0 Å². The molecule has 1 heterocycles. The van der Waals surface area contributed by atoms with Crippen molar-refractivity contribution in [3.8, 4) is 39.1 Å². The van der Waals surface area contributed by atoms with Gasteiger partial charge in [0.05, 0.1) is 11.2 Å². The highest BCUT2D eigenvalue weighted by Crippen LogP contribution is 2.40. The molecule has 0 N–H and O–H groups in total. The van der Waals surface area contributed by atoms with E-state index in [4.69, 9.17) is 0 Å². The van der Waals surface area contributed by atoms with E-state index in [1.807, 2.05) is 0 Å². The van der Waals surface area contributed by atoms with Gasteiger partial charge in [-0.05, 0) is 106 Å². The summed E-state index contributed by atoms with van der Waals surface area (Å²) in [6, 6.07) is 70.4. The summed E-state index contributed by atoms with van der Waals surface area (Å²) in [6.07, 6.45) is 6.77. The zero-order valence-corrected chi connectivity index (χ0v) is 29.9. The molecule has 0 atom stereocenters. The van der Waals surface area contributed by atoms with E-state index < -0.39 is 0 Å². The van der Waals surface area contributed by atoms with Gasteiger partial charge in [-0.25, -0.2) is 0 Å². The van der Waals surface area contributed by atoms with Gasteiger partial charge in [0, 0.05) is 39.1 Å². The van der Waals surface area contributed by atoms with Crippen LogP contribution in [-0.4, -0.2) is 4.57 Å². The molecular weight excluding hydrogens is 653 g/mol. The van der Waals surface area contributed by atoms with Gasteiger partial charge >= 0.3 is 0 Å². The van der Waals surface area contributed by atoms with Crippen molar-refractivity contribution in [1.29, 1.82) is 0 Å². The zero-order chi connectivity index (χ0) is 35.8. The van der Waals surface area contributed by atoms with Crippen LogP contribution >= 0.6 is 0 Å². The first-order chi connectivity index (χ1) is 26.8. The lowest BCUT2D eigenvalue weighted by Crippen LogP contribution is -2.10. The number of rotatable bonds is 7. The molecule has 0 fully saturated rings. The van der Waals surface area contributed by atoms with Gasteiger partial charge in [0.1, 0.15) is 0 Å². The highest BCUT2D eigenvalue weighted by molar-refractivity contribution is 5.99. The van der Waals surface area contributed by atoms with Crippen LogP contribution in [0.2, 0.25) is 0 Å². The molecule has 54 heavy (non-hydrogen) atoms. The fourth-order valence-corrected chi connectivity index (χ4v) is 8.19. The van der Waals surface area contributed by atoms with Crippen LogP contribution in [0, 0.1) is 0 Å². The average Bonchev–Trinajstić information content (AvgIpc) is 3.59. The molecule has 1 aliphatic carbocycles. The van der Waals surface area contributed by atoms with Gasteiger partial charge < -0.3 is 9.47 Å². The topological polar surface area (TPSA) is 8.17 Å². The van der Waals surface area contributed by atoms with Gasteiger partial charge in [-0.1, -0.05) is 152 Å². The van der Waals surface area contributed by atoms with Crippen LogP contribution in [-0.2, 0) is 6.42 Å². The predicted octanol–water partition coefficient (Wildman–Crippen LogP) is 14.2. The predicted molar refractivity (Wildman–Crippen MR) is 229 cm³/mol. The van der Waals surface area contributed by atoms with E-state index in [1.165, 1.54) is 77.7 Å². The second-order valence-electron chi connectivity index (χ2n) is 14.1. The first-order valence-corrected chi connectivity index (χ1v) is 18.8. The Labute approximate surface area is 316 Å². The Morgan fingerprint density at radius 3 is 1.65 bits per heavy atom. The highest BCUT2D eigenvalue weighted by Gasteiger charge is 2.19. The van der Waals surface area contributed by atoms with Crippen LogP contribution in [0.5, 0.6) is 0 Å². The van der Waals surface area contributed by atoms with Crippen molar-refractivity contribution in [2.75, 3.05) is 4.90 Å². The number of nitrogens with zero attached hydrogens (tertiary/aromatic N) is 2. The Kier molecular flexibility index (Phi) is 8.00. The molecular formula is C52H38N2. The maximum Gasteiger partial charge on any atom is 0.0540 e. The minimum absolute atomic E-state index is 1.06. The van der Waals surface area contributed by atoms with Crippen molar-refractivity contribution in [2.24, 2.45) is 0 Å². The van der Waals surface area contributed by atoms with Gasteiger partial charge in [0.2, 0.25) is 0 Å². The molecule has 0 saturated heterocycles. The molecule has 0 radical (unpaired) electrons. The largest absolute Gasteiger partial charge is 0.313 e. The standard InChI is InChI=1S/C52H38N2/c1-3-14-44(15-4-1)53(50-21-11-13-42-12-7-8-18-47(42)50)46-33-30-40(31-34-46)39-24-22-37(23-25-39)38-26-28-41(29-27-38)43-32-35-52-49(36-43)48-19-9-10-20-51(48)54(52)45-16-5-2-6-17-45/h1-9,11-19,21-36H,10,20H2. The number of fused-ring (bicyclic) bond motifs is 4. The average molecular weight is 691 g/mol.